The van der Waals surface area contributed by atoms with E-state index >= 15 is 0 Å². The summed E-state index contributed by atoms with van der Waals surface area (Å²) in [5.74, 6) is 0. The van der Waals surface area contributed by atoms with Crippen LogP contribution in [0.4, 0.5) is 5.69 Å². The van der Waals surface area contributed by atoms with Crippen molar-refractivity contribution in [3.05, 3.63) is 41.3 Å². The second kappa shape index (κ2) is 3.98. The minimum Gasteiger partial charge on any atom is -0.335 e. The van der Waals surface area contributed by atoms with Crippen LogP contribution in [0.25, 0.3) is 0 Å². The van der Waals surface area contributed by atoms with Gasteiger partial charge in [-0.15, -0.1) is 0 Å². The van der Waals surface area contributed by atoms with Gasteiger partial charge in [0.2, 0.25) is 0 Å². The lowest BCUT2D eigenvalue weighted by Gasteiger charge is -2.12. The summed E-state index contributed by atoms with van der Waals surface area (Å²) in [5, 5.41) is 4.24. The molecule has 0 atom stereocenters. The molecular formula is C13H16N2S. The van der Waals surface area contributed by atoms with Crippen molar-refractivity contribution in [1.82, 2.24) is 0 Å². The average Bonchev–Trinajstić information content (AvgIpc) is 2.44. The molecule has 1 aromatic rings. The summed E-state index contributed by atoms with van der Waals surface area (Å²) in [5.41, 5.74) is 2.18. The van der Waals surface area contributed by atoms with E-state index in [1.807, 2.05) is 0 Å². The summed E-state index contributed by atoms with van der Waals surface area (Å²) < 4.78 is 0. The first-order chi connectivity index (χ1) is 7.47. The minimum atomic E-state index is -0.155. The number of nitrogens with zero attached hydrogens (tertiary/aromatic N) is 1. The third-order valence-corrected chi connectivity index (χ3v) is 3.72. The first-order valence-corrected chi connectivity index (χ1v) is 6.10. The molecule has 0 aliphatic carbocycles. The van der Waals surface area contributed by atoms with E-state index < -0.39 is 0 Å². The largest absolute Gasteiger partial charge is 0.335 e. The Morgan fingerprint density at radius 3 is 2.38 bits per heavy atom. The Morgan fingerprint density at radius 2 is 1.88 bits per heavy atom. The van der Waals surface area contributed by atoms with Gasteiger partial charge >= 0.3 is 0 Å². The fourth-order valence-electron chi connectivity index (χ4n) is 1.39. The average molecular weight is 232 g/mol. The van der Waals surface area contributed by atoms with Crippen molar-refractivity contribution in [2.75, 3.05) is 5.32 Å². The van der Waals surface area contributed by atoms with Gasteiger partial charge in [0.25, 0.3) is 0 Å². The van der Waals surface area contributed by atoms with Crippen LogP contribution in [-0.4, -0.2) is 10.7 Å². The summed E-state index contributed by atoms with van der Waals surface area (Å²) in [4.78, 5) is 5.67. The molecule has 1 aromatic carbocycles. The molecule has 0 amide bonds. The van der Waals surface area contributed by atoms with Crippen molar-refractivity contribution in [3.8, 4) is 0 Å². The SMILES string of the molecule is C=C1SC(Nc2ccc(C)cc2)=NC1(C)C. The Labute approximate surface area is 101 Å². The van der Waals surface area contributed by atoms with E-state index in [1.165, 1.54) is 5.56 Å². The van der Waals surface area contributed by atoms with Gasteiger partial charge in [-0.05, 0) is 32.9 Å². The second-order valence-electron chi connectivity index (χ2n) is 4.49. The lowest BCUT2D eigenvalue weighted by Crippen LogP contribution is -2.13. The van der Waals surface area contributed by atoms with E-state index in [1.54, 1.807) is 11.8 Å². The van der Waals surface area contributed by atoms with E-state index in [-0.39, 0.29) is 5.54 Å². The van der Waals surface area contributed by atoms with Gasteiger partial charge in [-0.1, -0.05) is 36.0 Å². The molecule has 0 aromatic heterocycles. The molecule has 1 N–H and O–H groups in total. The number of thioether (sulfide) groups is 1. The van der Waals surface area contributed by atoms with Crippen molar-refractivity contribution in [1.29, 1.82) is 0 Å². The summed E-state index contributed by atoms with van der Waals surface area (Å²) in [7, 11) is 0. The van der Waals surface area contributed by atoms with Crippen LogP contribution >= 0.6 is 11.8 Å². The van der Waals surface area contributed by atoms with E-state index in [2.05, 4.69) is 61.9 Å². The smallest absolute Gasteiger partial charge is 0.166 e. The van der Waals surface area contributed by atoms with Gasteiger partial charge in [0, 0.05) is 10.6 Å². The Balaban J connectivity index is 2.12. The van der Waals surface area contributed by atoms with Gasteiger partial charge in [0.05, 0.1) is 5.54 Å². The molecule has 0 radical (unpaired) electrons. The van der Waals surface area contributed by atoms with Crippen LogP contribution in [0.2, 0.25) is 0 Å². The van der Waals surface area contributed by atoms with Gasteiger partial charge in [-0.3, -0.25) is 4.99 Å². The van der Waals surface area contributed by atoms with Crippen molar-refractivity contribution >= 4 is 22.6 Å². The molecular weight excluding hydrogens is 216 g/mol. The molecule has 3 heteroatoms. The quantitative estimate of drug-likeness (QED) is 0.796. The molecule has 0 spiro atoms. The number of hydrogen-bond acceptors (Lipinski definition) is 3. The Hall–Kier alpha value is -1.22. The summed E-state index contributed by atoms with van der Waals surface area (Å²) in [6.07, 6.45) is 0. The molecule has 0 saturated carbocycles. The summed E-state index contributed by atoms with van der Waals surface area (Å²) in [6.45, 7) is 10.3. The summed E-state index contributed by atoms with van der Waals surface area (Å²) in [6, 6.07) is 8.30. The number of benzene rings is 1. The van der Waals surface area contributed by atoms with Gasteiger partial charge in [-0.25, -0.2) is 0 Å². The highest BCUT2D eigenvalue weighted by Gasteiger charge is 2.29. The molecule has 16 heavy (non-hydrogen) atoms. The van der Waals surface area contributed by atoms with Gasteiger partial charge < -0.3 is 5.32 Å². The number of anilines is 1. The fraction of sp³-hybridized carbons (Fsp3) is 0.308. The molecule has 84 valence electrons. The Bertz CT molecular complexity index is 444. The van der Waals surface area contributed by atoms with Crippen LogP contribution in [0.3, 0.4) is 0 Å². The number of nitrogens with one attached hydrogen (secondary N) is 1. The molecule has 0 saturated heterocycles. The first kappa shape index (κ1) is 11.3. The van der Waals surface area contributed by atoms with Crippen LogP contribution < -0.4 is 5.32 Å². The molecule has 0 fully saturated rings. The predicted molar refractivity (Wildman–Crippen MR) is 73.0 cm³/mol. The number of amidine groups is 1. The highest BCUT2D eigenvalue weighted by atomic mass is 32.2. The normalized spacial score (nSPS) is 18.4. The Morgan fingerprint density at radius 1 is 1.25 bits per heavy atom. The molecule has 1 aliphatic heterocycles. The third kappa shape index (κ3) is 2.30. The number of rotatable bonds is 1. The first-order valence-electron chi connectivity index (χ1n) is 5.28. The second-order valence-corrected chi connectivity index (χ2v) is 5.58. The zero-order chi connectivity index (χ0) is 11.8. The zero-order valence-corrected chi connectivity index (χ0v) is 10.7. The maximum atomic E-state index is 4.59. The molecule has 1 heterocycles. The summed E-state index contributed by atoms with van der Waals surface area (Å²) >= 11 is 1.62. The lowest BCUT2D eigenvalue weighted by atomic mass is 10.1. The van der Waals surface area contributed by atoms with Crippen LogP contribution in [-0.2, 0) is 0 Å². The topological polar surface area (TPSA) is 24.4 Å². The van der Waals surface area contributed by atoms with Crippen molar-refractivity contribution < 1.29 is 0 Å². The molecule has 0 bridgehead atoms. The molecule has 0 unspecified atom stereocenters. The van der Waals surface area contributed by atoms with Crippen LogP contribution in [0.15, 0.2) is 40.7 Å². The van der Waals surface area contributed by atoms with Gasteiger partial charge in [0.15, 0.2) is 5.17 Å². The molecule has 1 aliphatic rings. The van der Waals surface area contributed by atoms with E-state index in [0.717, 1.165) is 15.8 Å². The Kier molecular flexibility index (Phi) is 2.80. The van der Waals surface area contributed by atoms with E-state index in [4.69, 9.17) is 0 Å². The monoisotopic (exact) mass is 232 g/mol. The fourth-order valence-corrected chi connectivity index (χ4v) is 2.37. The van der Waals surface area contributed by atoms with Crippen LogP contribution in [0, 0.1) is 6.92 Å². The number of hydrogen-bond donors (Lipinski definition) is 1. The van der Waals surface area contributed by atoms with E-state index in [9.17, 15) is 0 Å². The van der Waals surface area contributed by atoms with Crippen molar-refractivity contribution in [2.45, 2.75) is 26.3 Å². The minimum absolute atomic E-state index is 0.155. The third-order valence-electron chi connectivity index (χ3n) is 2.59. The van der Waals surface area contributed by atoms with E-state index in [0.29, 0.717) is 0 Å². The maximum Gasteiger partial charge on any atom is 0.166 e. The van der Waals surface area contributed by atoms with Crippen molar-refractivity contribution in [3.63, 3.8) is 0 Å². The highest BCUT2D eigenvalue weighted by Crippen LogP contribution is 2.37. The number of aliphatic imine (C=N–C) groups is 1. The maximum absolute atomic E-state index is 4.59. The van der Waals surface area contributed by atoms with Gasteiger partial charge in [0.1, 0.15) is 0 Å². The zero-order valence-electron chi connectivity index (χ0n) is 9.87. The lowest BCUT2D eigenvalue weighted by molar-refractivity contribution is 0.657. The van der Waals surface area contributed by atoms with Crippen LogP contribution in [0.1, 0.15) is 19.4 Å². The molecule has 2 nitrogen and oxygen atoms in total. The predicted octanol–water partition coefficient (Wildman–Crippen LogP) is 3.80. The van der Waals surface area contributed by atoms with Crippen molar-refractivity contribution in [2.24, 2.45) is 4.99 Å². The van der Waals surface area contributed by atoms with Gasteiger partial charge in [-0.2, -0.15) is 0 Å². The highest BCUT2D eigenvalue weighted by molar-refractivity contribution is 8.17. The van der Waals surface area contributed by atoms with Crippen LogP contribution in [0.5, 0.6) is 0 Å². The standard InChI is InChI=1S/C13H16N2S/c1-9-5-7-11(8-6-9)14-12-15-13(3,4)10(2)16-12/h5-8H,2H2,1,3-4H3,(H,14,15). The molecule has 2 rings (SSSR count). The number of aryl methyl sites for hydroxylation is 1.